The van der Waals surface area contributed by atoms with E-state index in [0.29, 0.717) is 0 Å². The highest BCUT2D eigenvalue weighted by Crippen LogP contribution is 2.30. The van der Waals surface area contributed by atoms with E-state index in [1.165, 1.54) is 36.1 Å². The molecule has 0 bridgehead atoms. The van der Waals surface area contributed by atoms with Crippen LogP contribution >= 0.6 is 0 Å². The highest BCUT2D eigenvalue weighted by molar-refractivity contribution is 5.63. The lowest BCUT2D eigenvalue weighted by molar-refractivity contribution is 0.912. The van der Waals surface area contributed by atoms with Gasteiger partial charge in [0.15, 0.2) is 0 Å². The first-order chi connectivity index (χ1) is 7.43. The fourth-order valence-corrected chi connectivity index (χ4v) is 2.20. The van der Waals surface area contributed by atoms with Gasteiger partial charge in [-0.3, -0.25) is 0 Å². The smallest absolute Gasteiger partial charge is 0.148 e. The summed E-state index contributed by atoms with van der Waals surface area (Å²) in [4.78, 5) is 7.11. The predicted molar refractivity (Wildman–Crippen MR) is 60.3 cm³/mol. The van der Waals surface area contributed by atoms with Gasteiger partial charge in [0.25, 0.3) is 0 Å². The van der Waals surface area contributed by atoms with Crippen molar-refractivity contribution < 1.29 is 0 Å². The topological polar surface area (TPSA) is 40.7 Å². The molecule has 1 aromatic heterocycles. The molecule has 0 unspecified atom stereocenters. The Balaban J connectivity index is 1.96. The maximum Gasteiger partial charge on any atom is 0.148 e. The Morgan fingerprint density at radius 3 is 3.13 bits per heavy atom. The van der Waals surface area contributed by atoms with Crippen molar-refractivity contribution in [3.05, 3.63) is 41.9 Å². The first kappa shape index (κ1) is 8.53. The number of H-pyrrole nitrogens is 1. The molecule has 2 aromatic rings. The number of hydrogen-bond donors (Lipinski definition) is 2. The van der Waals surface area contributed by atoms with Crippen LogP contribution in [0.25, 0.3) is 0 Å². The van der Waals surface area contributed by atoms with Crippen LogP contribution in [0.3, 0.4) is 0 Å². The molecule has 1 aliphatic carbocycles. The number of aromatic nitrogens is 2. The van der Waals surface area contributed by atoms with Gasteiger partial charge in [0, 0.05) is 11.9 Å². The normalized spacial score (nSPS) is 13.9. The van der Waals surface area contributed by atoms with Crippen molar-refractivity contribution in [2.24, 2.45) is 0 Å². The molecule has 76 valence electrons. The van der Waals surface area contributed by atoms with E-state index in [-0.39, 0.29) is 0 Å². The van der Waals surface area contributed by atoms with Gasteiger partial charge in [0.2, 0.25) is 0 Å². The lowest BCUT2D eigenvalue weighted by Crippen LogP contribution is -1.95. The third-order valence-electron chi connectivity index (χ3n) is 2.91. The highest BCUT2D eigenvalue weighted by Gasteiger charge is 2.14. The van der Waals surface area contributed by atoms with E-state index >= 15 is 0 Å². The second-order valence-electron chi connectivity index (χ2n) is 3.88. The van der Waals surface area contributed by atoms with E-state index in [9.17, 15) is 0 Å². The Hall–Kier alpha value is -1.77. The molecule has 3 rings (SSSR count). The van der Waals surface area contributed by atoms with Crippen molar-refractivity contribution in [2.45, 2.75) is 19.3 Å². The van der Waals surface area contributed by atoms with Gasteiger partial charge in [-0.25, -0.2) is 4.98 Å². The molecular weight excluding hydrogens is 186 g/mol. The van der Waals surface area contributed by atoms with Crippen LogP contribution in [0.4, 0.5) is 11.5 Å². The fourth-order valence-electron chi connectivity index (χ4n) is 2.20. The van der Waals surface area contributed by atoms with E-state index in [4.69, 9.17) is 0 Å². The molecule has 0 aliphatic heterocycles. The molecule has 1 aromatic carbocycles. The summed E-state index contributed by atoms with van der Waals surface area (Å²) in [6.07, 6.45) is 7.22. The van der Waals surface area contributed by atoms with Crippen LogP contribution in [0.2, 0.25) is 0 Å². The minimum absolute atomic E-state index is 0.885. The summed E-state index contributed by atoms with van der Waals surface area (Å²) in [6, 6.07) is 6.45. The minimum Gasteiger partial charge on any atom is -0.349 e. The molecule has 0 radical (unpaired) electrons. The van der Waals surface area contributed by atoms with E-state index in [2.05, 4.69) is 33.5 Å². The summed E-state index contributed by atoms with van der Waals surface area (Å²) >= 11 is 0. The average Bonchev–Trinajstić information content (AvgIpc) is 2.87. The molecule has 0 saturated carbocycles. The Bertz CT molecular complexity index is 460. The number of fused-ring (bicyclic) bond motifs is 1. The number of nitrogens with zero attached hydrogens (tertiary/aromatic N) is 1. The summed E-state index contributed by atoms with van der Waals surface area (Å²) in [7, 11) is 0. The quantitative estimate of drug-likeness (QED) is 0.780. The number of benzene rings is 1. The maximum absolute atomic E-state index is 4.17. The van der Waals surface area contributed by atoms with Gasteiger partial charge in [-0.2, -0.15) is 0 Å². The zero-order chi connectivity index (χ0) is 10.1. The monoisotopic (exact) mass is 199 g/mol. The fraction of sp³-hybridized carbons (Fsp3) is 0.250. The van der Waals surface area contributed by atoms with Gasteiger partial charge in [-0.05, 0) is 36.5 Å². The lowest BCUT2D eigenvalue weighted by Gasteiger charge is -2.08. The van der Waals surface area contributed by atoms with E-state index in [1.54, 1.807) is 6.33 Å². The number of aromatic amines is 1. The predicted octanol–water partition coefficient (Wildman–Crippen LogP) is 2.64. The van der Waals surface area contributed by atoms with Crippen LogP contribution in [-0.2, 0) is 12.8 Å². The summed E-state index contributed by atoms with van der Waals surface area (Å²) < 4.78 is 0. The lowest BCUT2D eigenvalue weighted by atomic mass is 10.1. The van der Waals surface area contributed by atoms with Crippen molar-refractivity contribution >= 4 is 11.5 Å². The second kappa shape index (κ2) is 3.42. The Morgan fingerprint density at radius 2 is 2.27 bits per heavy atom. The first-order valence-corrected chi connectivity index (χ1v) is 5.30. The molecule has 3 nitrogen and oxygen atoms in total. The second-order valence-corrected chi connectivity index (χ2v) is 3.88. The molecule has 15 heavy (non-hydrogen) atoms. The molecule has 2 N–H and O–H groups in total. The number of imidazole rings is 1. The molecule has 3 heteroatoms. The van der Waals surface area contributed by atoms with Crippen LogP contribution < -0.4 is 5.32 Å². The molecule has 1 aliphatic rings. The van der Waals surface area contributed by atoms with E-state index < -0.39 is 0 Å². The summed E-state index contributed by atoms with van der Waals surface area (Å²) in [5.41, 5.74) is 4.15. The molecule has 0 fully saturated rings. The molecule has 1 heterocycles. The van der Waals surface area contributed by atoms with Crippen molar-refractivity contribution in [1.29, 1.82) is 0 Å². The molecule has 0 atom stereocenters. The van der Waals surface area contributed by atoms with Gasteiger partial charge in [-0.1, -0.05) is 12.1 Å². The van der Waals surface area contributed by atoms with Crippen LogP contribution in [0, 0.1) is 0 Å². The third-order valence-corrected chi connectivity index (χ3v) is 2.91. The summed E-state index contributed by atoms with van der Waals surface area (Å²) in [6.45, 7) is 0. The number of anilines is 2. The zero-order valence-electron chi connectivity index (χ0n) is 8.46. The molecular formula is C12H13N3. The first-order valence-electron chi connectivity index (χ1n) is 5.30. The van der Waals surface area contributed by atoms with Crippen LogP contribution in [-0.4, -0.2) is 9.97 Å². The average molecular weight is 199 g/mol. The Labute approximate surface area is 88.6 Å². The standard InChI is InChI=1S/C12H13N3/c1-3-9-4-2-6-11(10(9)5-1)15-12-7-13-8-14-12/h2,4,6-8,15H,1,3,5H2,(H,13,14). The van der Waals surface area contributed by atoms with Crippen LogP contribution in [0.5, 0.6) is 0 Å². The van der Waals surface area contributed by atoms with Gasteiger partial charge in [-0.15, -0.1) is 0 Å². The molecule has 0 amide bonds. The van der Waals surface area contributed by atoms with Crippen LogP contribution in [0.1, 0.15) is 17.5 Å². The summed E-state index contributed by atoms with van der Waals surface area (Å²) in [5.74, 6) is 0.885. The van der Waals surface area contributed by atoms with Gasteiger partial charge in [0.05, 0.1) is 6.33 Å². The van der Waals surface area contributed by atoms with Gasteiger partial charge in [0.1, 0.15) is 5.82 Å². The zero-order valence-corrected chi connectivity index (χ0v) is 8.46. The van der Waals surface area contributed by atoms with Gasteiger partial charge < -0.3 is 10.3 Å². The maximum atomic E-state index is 4.17. The largest absolute Gasteiger partial charge is 0.349 e. The van der Waals surface area contributed by atoms with Crippen LogP contribution in [0.15, 0.2) is 30.7 Å². The minimum atomic E-state index is 0.885. The number of rotatable bonds is 2. The Morgan fingerprint density at radius 1 is 1.27 bits per heavy atom. The Kier molecular flexibility index (Phi) is 1.95. The van der Waals surface area contributed by atoms with Crippen molar-refractivity contribution in [2.75, 3.05) is 5.32 Å². The molecule has 0 saturated heterocycles. The molecule has 0 spiro atoms. The van der Waals surface area contributed by atoms with Crippen molar-refractivity contribution in [3.63, 3.8) is 0 Å². The SMILES string of the molecule is c1cc2c(c(Nc3c[nH]cn3)c1)CCC2. The highest BCUT2D eigenvalue weighted by atomic mass is 15.0. The third kappa shape index (κ3) is 1.50. The van der Waals surface area contributed by atoms with E-state index in [1.807, 2.05) is 6.20 Å². The van der Waals surface area contributed by atoms with Gasteiger partial charge >= 0.3 is 0 Å². The number of aryl methyl sites for hydroxylation is 1. The number of nitrogens with one attached hydrogen (secondary N) is 2. The van der Waals surface area contributed by atoms with E-state index in [0.717, 1.165) is 5.82 Å². The summed E-state index contributed by atoms with van der Waals surface area (Å²) in [5, 5.41) is 3.34. The van der Waals surface area contributed by atoms with Crippen molar-refractivity contribution in [1.82, 2.24) is 9.97 Å². The number of hydrogen-bond acceptors (Lipinski definition) is 2. The van der Waals surface area contributed by atoms with Crippen molar-refractivity contribution in [3.8, 4) is 0 Å².